The smallest absolute Gasteiger partial charge is 0.390 e. The third kappa shape index (κ3) is 5.17. The standard InChI is InChI=1S/C25H22F6N4O4/c26-12-7-15(27)20(16(28)8-12)35-9-14(24(39)33-22(11-1-2-11)25(29,30)31)21(38)13-3-4-19(32-23(13)35)34-6-5-17(36)18(37)10-34/h3-4,7-9,11,17-18,22,36-37H,1-2,5-6,10H2,(H,33,39). The maximum atomic E-state index is 14.9. The molecule has 8 nitrogen and oxygen atoms in total. The quantitative estimate of drug-likeness (QED) is 0.418. The first-order valence-electron chi connectivity index (χ1n) is 12.0. The van der Waals surface area contributed by atoms with E-state index in [1.807, 2.05) is 5.32 Å². The monoisotopic (exact) mass is 556 g/mol. The Morgan fingerprint density at radius 3 is 2.31 bits per heavy atom. The first-order chi connectivity index (χ1) is 18.3. The minimum absolute atomic E-state index is 0.0519. The van der Waals surface area contributed by atoms with Crippen molar-refractivity contribution in [1.82, 2.24) is 14.9 Å². The van der Waals surface area contributed by atoms with Gasteiger partial charge in [0, 0.05) is 31.4 Å². The van der Waals surface area contributed by atoms with Crippen LogP contribution in [0.1, 0.15) is 29.6 Å². The van der Waals surface area contributed by atoms with E-state index >= 15 is 0 Å². The molecule has 1 aliphatic heterocycles. The number of aliphatic hydroxyl groups is 2. The molecule has 3 heterocycles. The molecule has 0 bridgehead atoms. The number of hydrogen-bond donors (Lipinski definition) is 3. The third-order valence-electron chi connectivity index (χ3n) is 6.91. The number of β-amino-alcohol motifs (C(OH)–C–C–N with tert-alkyl or cyclic N) is 1. The Morgan fingerprint density at radius 1 is 1.05 bits per heavy atom. The zero-order valence-electron chi connectivity index (χ0n) is 20.1. The summed E-state index contributed by atoms with van der Waals surface area (Å²) < 4.78 is 84.6. The number of aromatic nitrogens is 2. The summed E-state index contributed by atoms with van der Waals surface area (Å²) in [5.41, 5.74) is -3.14. The van der Waals surface area contributed by atoms with E-state index in [9.17, 15) is 46.1 Å². The lowest BCUT2D eigenvalue weighted by molar-refractivity contribution is -0.158. The molecule has 1 aromatic carbocycles. The van der Waals surface area contributed by atoms with Crippen LogP contribution in [0.2, 0.25) is 0 Å². The van der Waals surface area contributed by atoms with E-state index in [-0.39, 0.29) is 49.2 Å². The van der Waals surface area contributed by atoms with Gasteiger partial charge in [0.2, 0.25) is 5.43 Å². The van der Waals surface area contributed by atoms with Gasteiger partial charge in [-0.3, -0.25) is 14.2 Å². The van der Waals surface area contributed by atoms with Crippen LogP contribution >= 0.6 is 0 Å². The number of hydrogen-bond acceptors (Lipinski definition) is 6. The molecule has 1 amide bonds. The summed E-state index contributed by atoms with van der Waals surface area (Å²) in [7, 11) is 0. The van der Waals surface area contributed by atoms with Gasteiger partial charge in [0.1, 0.15) is 28.9 Å². The SMILES string of the molecule is O=C(NC(C1CC1)C(F)(F)F)c1cn(-c2c(F)cc(F)cc2F)c2nc(N3CCC(O)C(O)C3)ccc2c1=O. The summed E-state index contributed by atoms with van der Waals surface area (Å²) in [6.07, 6.45) is -5.57. The number of benzene rings is 1. The van der Waals surface area contributed by atoms with Crippen molar-refractivity contribution in [1.29, 1.82) is 0 Å². The van der Waals surface area contributed by atoms with Crippen molar-refractivity contribution in [2.45, 2.75) is 43.7 Å². The van der Waals surface area contributed by atoms with Gasteiger partial charge in [-0.2, -0.15) is 13.2 Å². The van der Waals surface area contributed by atoms with E-state index in [4.69, 9.17) is 0 Å². The number of nitrogens with one attached hydrogen (secondary N) is 1. The highest BCUT2D eigenvalue weighted by atomic mass is 19.4. The summed E-state index contributed by atoms with van der Waals surface area (Å²) in [5, 5.41) is 21.3. The average molecular weight is 556 g/mol. The molecule has 14 heteroatoms. The van der Waals surface area contributed by atoms with Crippen LogP contribution in [-0.4, -0.2) is 63.2 Å². The Labute approximate surface area is 216 Å². The predicted molar refractivity (Wildman–Crippen MR) is 126 cm³/mol. The first kappa shape index (κ1) is 26.9. The Balaban J connectivity index is 1.67. The number of carbonyl (C=O) groups is 1. The number of fused-ring (bicyclic) bond motifs is 1. The average Bonchev–Trinajstić information content (AvgIpc) is 3.69. The van der Waals surface area contributed by atoms with Gasteiger partial charge in [-0.1, -0.05) is 0 Å². The molecule has 1 saturated heterocycles. The van der Waals surface area contributed by atoms with Crippen LogP contribution in [0.5, 0.6) is 0 Å². The lowest BCUT2D eigenvalue weighted by Gasteiger charge is -2.34. The van der Waals surface area contributed by atoms with Gasteiger partial charge in [0.25, 0.3) is 5.91 Å². The number of rotatable bonds is 5. The van der Waals surface area contributed by atoms with Crippen LogP contribution < -0.4 is 15.6 Å². The topological polar surface area (TPSA) is 108 Å². The second-order valence-electron chi connectivity index (χ2n) is 9.70. The molecule has 2 aliphatic rings. The predicted octanol–water partition coefficient (Wildman–Crippen LogP) is 2.81. The molecule has 2 aromatic heterocycles. The van der Waals surface area contributed by atoms with E-state index < -0.39 is 70.4 Å². The zero-order chi connectivity index (χ0) is 28.2. The Morgan fingerprint density at radius 2 is 1.72 bits per heavy atom. The Hall–Kier alpha value is -3.65. The number of piperidine rings is 1. The maximum absolute atomic E-state index is 14.9. The molecule has 208 valence electrons. The molecule has 0 radical (unpaired) electrons. The fourth-order valence-electron chi connectivity index (χ4n) is 4.71. The van der Waals surface area contributed by atoms with Crippen molar-refractivity contribution < 1.29 is 41.4 Å². The number of aliphatic hydroxyl groups excluding tert-OH is 2. The summed E-state index contributed by atoms with van der Waals surface area (Å²) in [5.74, 6) is -6.19. The molecule has 39 heavy (non-hydrogen) atoms. The van der Waals surface area contributed by atoms with Crippen LogP contribution in [-0.2, 0) is 0 Å². The van der Waals surface area contributed by atoms with Crippen LogP contribution in [0, 0.1) is 23.4 Å². The molecule has 3 aromatic rings. The normalized spacial score (nSPS) is 20.8. The molecular weight excluding hydrogens is 534 g/mol. The Kier molecular flexibility index (Phi) is 6.79. The van der Waals surface area contributed by atoms with Crippen LogP contribution in [0.3, 0.4) is 0 Å². The van der Waals surface area contributed by atoms with Gasteiger partial charge in [0.15, 0.2) is 17.3 Å². The second-order valence-corrected chi connectivity index (χ2v) is 9.70. The highest BCUT2D eigenvalue weighted by Gasteiger charge is 2.50. The van der Waals surface area contributed by atoms with Gasteiger partial charge in [-0.25, -0.2) is 18.2 Å². The van der Waals surface area contributed by atoms with Crippen molar-refractivity contribution in [3.63, 3.8) is 0 Å². The van der Waals surface area contributed by atoms with E-state index in [0.717, 1.165) is 0 Å². The van der Waals surface area contributed by atoms with Gasteiger partial charge >= 0.3 is 6.18 Å². The summed E-state index contributed by atoms with van der Waals surface area (Å²) >= 11 is 0. The van der Waals surface area contributed by atoms with Crippen LogP contribution in [0.15, 0.2) is 35.3 Å². The number of pyridine rings is 2. The molecule has 2 fully saturated rings. The number of amides is 1. The summed E-state index contributed by atoms with van der Waals surface area (Å²) in [4.78, 5) is 32.0. The molecule has 0 spiro atoms. The van der Waals surface area contributed by atoms with Crippen molar-refractivity contribution in [3.05, 3.63) is 63.7 Å². The Bertz CT molecular complexity index is 1480. The van der Waals surface area contributed by atoms with Gasteiger partial charge in [0.05, 0.1) is 17.6 Å². The molecule has 3 atom stereocenters. The molecule has 1 aliphatic carbocycles. The summed E-state index contributed by atoms with van der Waals surface area (Å²) in [6.45, 7) is 0.185. The van der Waals surface area contributed by atoms with E-state index in [1.165, 1.54) is 12.1 Å². The summed E-state index contributed by atoms with van der Waals surface area (Å²) in [6, 6.07) is 1.03. The second kappa shape index (κ2) is 9.83. The molecule has 1 saturated carbocycles. The zero-order valence-corrected chi connectivity index (χ0v) is 20.1. The van der Waals surface area contributed by atoms with Gasteiger partial charge in [-0.15, -0.1) is 0 Å². The van der Waals surface area contributed by atoms with Crippen molar-refractivity contribution >= 4 is 22.8 Å². The highest BCUT2D eigenvalue weighted by molar-refractivity contribution is 5.97. The highest BCUT2D eigenvalue weighted by Crippen LogP contribution is 2.40. The third-order valence-corrected chi connectivity index (χ3v) is 6.91. The van der Waals surface area contributed by atoms with Crippen molar-refractivity contribution in [2.75, 3.05) is 18.0 Å². The lowest BCUT2D eigenvalue weighted by Crippen LogP contribution is -2.48. The number of halogens is 6. The van der Waals surface area contributed by atoms with Crippen molar-refractivity contribution in [3.8, 4) is 5.69 Å². The van der Waals surface area contributed by atoms with Crippen molar-refractivity contribution in [2.24, 2.45) is 5.92 Å². The maximum Gasteiger partial charge on any atom is 0.408 e. The molecule has 3 unspecified atom stereocenters. The fraction of sp³-hybridized carbons (Fsp3) is 0.400. The van der Waals surface area contributed by atoms with Gasteiger partial charge < -0.3 is 20.4 Å². The largest absolute Gasteiger partial charge is 0.408 e. The first-order valence-corrected chi connectivity index (χ1v) is 12.0. The van der Waals surface area contributed by atoms with E-state index in [1.54, 1.807) is 4.90 Å². The van der Waals surface area contributed by atoms with Crippen LogP contribution in [0.4, 0.5) is 32.2 Å². The van der Waals surface area contributed by atoms with Gasteiger partial charge in [-0.05, 0) is 37.3 Å². The number of carbonyl (C=O) groups excluding carboxylic acids is 1. The number of alkyl halides is 3. The van der Waals surface area contributed by atoms with Crippen LogP contribution in [0.25, 0.3) is 16.7 Å². The molecular formula is C25H22F6N4O4. The van der Waals surface area contributed by atoms with E-state index in [2.05, 4.69) is 4.98 Å². The minimum Gasteiger partial charge on any atom is -0.390 e. The molecule has 3 N–H and O–H groups in total. The number of anilines is 1. The minimum atomic E-state index is -4.79. The molecule has 5 rings (SSSR count). The lowest BCUT2D eigenvalue weighted by atomic mass is 10.1. The number of nitrogens with zero attached hydrogens (tertiary/aromatic N) is 3. The van der Waals surface area contributed by atoms with E-state index in [0.29, 0.717) is 22.9 Å². The fourth-order valence-corrected chi connectivity index (χ4v) is 4.71.